The molecule has 0 aliphatic carbocycles. The first-order valence-corrected chi connectivity index (χ1v) is 5.92. The lowest BCUT2D eigenvalue weighted by molar-refractivity contribution is 0.555. The monoisotopic (exact) mass is 232 g/mol. The van der Waals surface area contributed by atoms with Crippen LogP contribution in [0.1, 0.15) is 12.5 Å². The third-order valence-corrected chi connectivity index (χ3v) is 3.41. The summed E-state index contributed by atoms with van der Waals surface area (Å²) in [6.07, 6.45) is 0. The average molecular weight is 232 g/mol. The number of hydrogen-bond donors (Lipinski definition) is 2. The molecular formula is C9H13FN2O2S. The number of rotatable bonds is 3. The summed E-state index contributed by atoms with van der Waals surface area (Å²) in [6, 6.07) is 2.50. The van der Waals surface area contributed by atoms with E-state index in [1.54, 1.807) is 6.92 Å². The number of sulfonamides is 1. The molecule has 6 heteroatoms. The maximum Gasteiger partial charge on any atom is 0.243 e. The second-order valence-electron chi connectivity index (χ2n) is 3.15. The fraction of sp³-hybridized carbons (Fsp3) is 0.333. The van der Waals surface area contributed by atoms with Crippen molar-refractivity contribution in [2.45, 2.75) is 18.7 Å². The van der Waals surface area contributed by atoms with Gasteiger partial charge in [-0.15, -0.1) is 0 Å². The maximum absolute atomic E-state index is 13.5. The molecule has 4 nitrogen and oxygen atoms in total. The summed E-state index contributed by atoms with van der Waals surface area (Å²) < 4.78 is 38.8. The van der Waals surface area contributed by atoms with Crippen LogP contribution in [0.3, 0.4) is 0 Å². The Morgan fingerprint density at radius 1 is 1.47 bits per heavy atom. The molecule has 0 aliphatic heterocycles. The number of anilines is 1. The van der Waals surface area contributed by atoms with E-state index in [2.05, 4.69) is 4.72 Å². The van der Waals surface area contributed by atoms with Gasteiger partial charge in [-0.2, -0.15) is 0 Å². The molecule has 0 atom stereocenters. The van der Waals surface area contributed by atoms with Crippen LogP contribution in [-0.2, 0) is 10.0 Å². The van der Waals surface area contributed by atoms with Crippen molar-refractivity contribution in [3.05, 3.63) is 23.5 Å². The fourth-order valence-corrected chi connectivity index (χ4v) is 2.45. The highest BCUT2D eigenvalue weighted by Gasteiger charge is 2.19. The third-order valence-electron chi connectivity index (χ3n) is 1.87. The molecule has 1 aromatic carbocycles. The Morgan fingerprint density at radius 3 is 2.60 bits per heavy atom. The third kappa shape index (κ3) is 2.45. The zero-order chi connectivity index (χ0) is 11.6. The van der Waals surface area contributed by atoms with Gasteiger partial charge in [0.2, 0.25) is 10.0 Å². The topological polar surface area (TPSA) is 72.2 Å². The second kappa shape index (κ2) is 4.16. The highest BCUT2D eigenvalue weighted by molar-refractivity contribution is 7.89. The lowest BCUT2D eigenvalue weighted by atomic mass is 10.2. The van der Waals surface area contributed by atoms with Crippen LogP contribution in [0.25, 0.3) is 0 Å². The van der Waals surface area contributed by atoms with Gasteiger partial charge < -0.3 is 5.73 Å². The van der Waals surface area contributed by atoms with E-state index in [1.165, 1.54) is 13.0 Å². The molecule has 0 unspecified atom stereocenters. The second-order valence-corrected chi connectivity index (χ2v) is 4.89. The number of hydrogen-bond acceptors (Lipinski definition) is 3. The van der Waals surface area contributed by atoms with Crippen LogP contribution < -0.4 is 10.5 Å². The van der Waals surface area contributed by atoms with Gasteiger partial charge in [0.25, 0.3) is 0 Å². The fourth-order valence-electron chi connectivity index (χ4n) is 1.23. The van der Waals surface area contributed by atoms with Gasteiger partial charge in [-0.05, 0) is 24.6 Å². The van der Waals surface area contributed by atoms with Gasteiger partial charge in [-0.25, -0.2) is 17.5 Å². The summed E-state index contributed by atoms with van der Waals surface area (Å²) in [4.78, 5) is -0.401. The van der Waals surface area contributed by atoms with Crippen molar-refractivity contribution >= 4 is 15.7 Å². The van der Waals surface area contributed by atoms with Gasteiger partial charge in [-0.1, -0.05) is 6.92 Å². The Hall–Kier alpha value is -1.14. The Kier molecular flexibility index (Phi) is 3.31. The van der Waals surface area contributed by atoms with Gasteiger partial charge in [0, 0.05) is 12.2 Å². The molecule has 0 amide bonds. The number of nitrogens with two attached hydrogens (primary N) is 1. The number of halogens is 1. The minimum absolute atomic E-state index is 0.204. The SMILES string of the molecule is CCNS(=O)(=O)c1cc(N)cc(C)c1F. The highest BCUT2D eigenvalue weighted by Crippen LogP contribution is 2.21. The molecule has 1 aromatic rings. The van der Waals surface area contributed by atoms with E-state index < -0.39 is 20.7 Å². The van der Waals surface area contributed by atoms with Crippen LogP contribution in [0.15, 0.2) is 17.0 Å². The lowest BCUT2D eigenvalue weighted by Crippen LogP contribution is -2.24. The van der Waals surface area contributed by atoms with Crippen LogP contribution in [0.4, 0.5) is 10.1 Å². The maximum atomic E-state index is 13.5. The molecule has 0 spiro atoms. The van der Waals surface area contributed by atoms with E-state index in [9.17, 15) is 12.8 Å². The first-order chi connectivity index (χ1) is 6.88. The Morgan fingerprint density at radius 2 is 2.07 bits per heavy atom. The summed E-state index contributed by atoms with van der Waals surface area (Å²) in [5.41, 5.74) is 5.90. The number of nitrogens with one attached hydrogen (secondary N) is 1. The molecule has 0 aromatic heterocycles. The Balaban J connectivity index is 3.38. The highest BCUT2D eigenvalue weighted by atomic mass is 32.2. The van der Waals surface area contributed by atoms with Gasteiger partial charge in [0.05, 0.1) is 0 Å². The quantitative estimate of drug-likeness (QED) is 0.764. The molecule has 15 heavy (non-hydrogen) atoms. The Labute approximate surface area is 88.3 Å². The smallest absolute Gasteiger partial charge is 0.243 e. The summed E-state index contributed by atoms with van der Waals surface area (Å²) in [6.45, 7) is 3.29. The van der Waals surface area contributed by atoms with E-state index >= 15 is 0 Å². The van der Waals surface area contributed by atoms with Crippen molar-refractivity contribution in [3.8, 4) is 0 Å². The molecule has 0 bridgehead atoms. The van der Waals surface area contributed by atoms with Crippen molar-refractivity contribution in [3.63, 3.8) is 0 Å². The normalized spacial score (nSPS) is 11.7. The van der Waals surface area contributed by atoms with Gasteiger partial charge in [-0.3, -0.25) is 0 Å². The van der Waals surface area contributed by atoms with Crippen LogP contribution >= 0.6 is 0 Å². The molecule has 1 rings (SSSR count). The Bertz CT molecular complexity index is 471. The molecule has 0 heterocycles. The number of benzene rings is 1. The largest absolute Gasteiger partial charge is 0.399 e. The van der Waals surface area contributed by atoms with Crippen molar-refractivity contribution in [2.75, 3.05) is 12.3 Å². The standard InChI is InChI=1S/C9H13FN2O2S/c1-3-12-15(13,14)8-5-7(11)4-6(2)9(8)10/h4-5,12H,3,11H2,1-2H3. The number of aryl methyl sites for hydroxylation is 1. The molecule has 0 fully saturated rings. The zero-order valence-corrected chi connectivity index (χ0v) is 9.36. The summed E-state index contributed by atoms with van der Waals surface area (Å²) >= 11 is 0. The van der Waals surface area contributed by atoms with Crippen molar-refractivity contribution < 1.29 is 12.8 Å². The van der Waals surface area contributed by atoms with E-state index in [-0.39, 0.29) is 17.8 Å². The lowest BCUT2D eigenvalue weighted by Gasteiger charge is -2.08. The van der Waals surface area contributed by atoms with Crippen molar-refractivity contribution in [2.24, 2.45) is 0 Å². The van der Waals surface area contributed by atoms with Gasteiger partial charge >= 0.3 is 0 Å². The first-order valence-electron chi connectivity index (χ1n) is 4.43. The molecule has 0 radical (unpaired) electrons. The minimum Gasteiger partial charge on any atom is -0.399 e. The van der Waals surface area contributed by atoms with Crippen molar-refractivity contribution in [1.29, 1.82) is 0 Å². The van der Waals surface area contributed by atoms with E-state index in [0.717, 1.165) is 6.07 Å². The van der Waals surface area contributed by atoms with Crippen molar-refractivity contribution in [1.82, 2.24) is 4.72 Å². The average Bonchev–Trinajstić information content (AvgIpc) is 2.11. The number of nitrogen functional groups attached to an aromatic ring is 1. The first kappa shape index (κ1) is 11.9. The molecule has 3 N–H and O–H groups in total. The predicted octanol–water partition coefficient (Wildman–Crippen LogP) is 1.01. The van der Waals surface area contributed by atoms with Gasteiger partial charge in [0.1, 0.15) is 10.7 Å². The summed E-state index contributed by atoms with van der Waals surface area (Å²) in [5.74, 6) is -0.759. The van der Waals surface area contributed by atoms with E-state index in [4.69, 9.17) is 5.73 Å². The molecule has 0 aliphatic rings. The molecule has 0 saturated carbocycles. The van der Waals surface area contributed by atoms with Crippen LogP contribution in [0, 0.1) is 12.7 Å². The van der Waals surface area contributed by atoms with Crippen LogP contribution in [-0.4, -0.2) is 15.0 Å². The van der Waals surface area contributed by atoms with Crippen LogP contribution in [0.2, 0.25) is 0 Å². The minimum atomic E-state index is -3.79. The van der Waals surface area contributed by atoms with Gasteiger partial charge in [0.15, 0.2) is 0 Å². The van der Waals surface area contributed by atoms with Crippen LogP contribution in [0.5, 0.6) is 0 Å². The zero-order valence-electron chi connectivity index (χ0n) is 8.54. The molecule has 84 valence electrons. The van der Waals surface area contributed by atoms with E-state index in [0.29, 0.717) is 0 Å². The summed E-state index contributed by atoms with van der Waals surface area (Å²) in [5, 5.41) is 0. The molecular weight excluding hydrogens is 219 g/mol. The molecule has 0 saturated heterocycles. The summed E-state index contributed by atoms with van der Waals surface area (Å²) in [7, 11) is -3.79. The van der Waals surface area contributed by atoms with E-state index in [1.807, 2.05) is 0 Å². The predicted molar refractivity (Wildman–Crippen MR) is 56.4 cm³/mol.